The van der Waals surface area contributed by atoms with Crippen LogP contribution in [0.5, 0.6) is 0 Å². The zero-order chi connectivity index (χ0) is 13.5. The van der Waals surface area contributed by atoms with Crippen molar-refractivity contribution in [2.24, 2.45) is 0 Å². The Morgan fingerprint density at radius 2 is 2.00 bits per heavy atom. The van der Waals surface area contributed by atoms with Crippen molar-refractivity contribution in [3.8, 4) is 0 Å². The van der Waals surface area contributed by atoms with E-state index in [0.717, 1.165) is 17.4 Å². The maximum atomic E-state index is 13.3. The molecule has 1 aromatic heterocycles. The molecule has 1 amide bonds. The standard InChI is InChI=1S/C9H3Cl3F2N2OS/c10-9(11,12)7(17)16-8-15-6-4(14)1-3(13)2-5(6)18-8/h1-2H,(H,15,16,17). The lowest BCUT2D eigenvalue weighted by molar-refractivity contribution is -0.115. The average molecular weight is 332 g/mol. The van der Waals surface area contributed by atoms with E-state index in [1.807, 2.05) is 0 Å². The van der Waals surface area contributed by atoms with Crippen molar-refractivity contribution in [2.45, 2.75) is 3.79 Å². The Hall–Kier alpha value is -0.690. The van der Waals surface area contributed by atoms with Gasteiger partial charge in [-0.1, -0.05) is 46.1 Å². The normalized spacial score (nSPS) is 11.8. The lowest BCUT2D eigenvalue weighted by atomic mass is 10.3. The Kier molecular flexibility index (Phi) is 3.64. The van der Waals surface area contributed by atoms with Crippen LogP contribution in [0, 0.1) is 11.6 Å². The van der Waals surface area contributed by atoms with Crippen molar-refractivity contribution in [1.29, 1.82) is 0 Å². The van der Waals surface area contributed by atoms with Gasteiger partial charge in [0, 0.05) is 6.07 Å². The number of carbonyl (C=O) groups excluding carboxylic acids is 1. The molecular weight excluding hydrogens is 329 g/mol. The van der Waals surface area contributed by atoms with Gasteiger partial charge in [-0.15, -0.1) is 0 Å². The maximum absolute atomic E-state index is 13.3. The smallest absolute Gasteiger partial charge is 0.278 e. The second kappa shape index (κ2) is 4.77. The molecule has 2 rings (SSSR count). The van der Waals surface area contributed by atoms with Gasteiger partial charge in [0.25, 0.3) is 9.70 Å². The van der Waals surface area contributed by atoms with Crippen molar-refractivity contribution >= 4 is 67.4 Å². The summed E-state index contributed by atoms with van der Waals surface area (Å²) in [6, 6.07) is 1.80. The van der Waals surface area contributed by atoms with Crippen LogP contribution in [-0.4, -0.2) is 14.7 Å². The molecule has 1 N–H and O–H groups in total. The highest BCUT2D eigenvalue weighted by molar-refractivity contribution is 7.22. The number of nitrogens with one attached hydrogen (secondary N) is 1. The molecule has 0 aliphatic carbocycles. The van der Waals surface area contributed by atoms with Gasteiger partial charge in [-0.25, -0.2) is 13.8 Å². The number of alkyl halides is 3. The van der Waals surface area contributed by atoms with Crippen LogP contribution in [-0.2, 0) is 4.79 Å². The van der Waals surface area contributed by atoms with Gasteiger partial charge in [0.05, 0.1) is 4.70 Å². The summed E-state index contributed by atoms with van der Waals surface area (Å²) in [6.45, 7) is 0. The number of thiazole rings is 1. The molecule has 0 aliphatic heterocycles. The minimum atomic E-state index is -2.15. The number of anilines is 1. The van der Waals surface area contributed by atoms with E-state index in [4.69, 9.17) is 34.8 Å². The molecule has 0 fully saturated rings. The third-order valence-electron chi connectivity index (χ3n) is 1.89. The molecule has 9 heteroatoms. The summed E-state index contributed by atoms with van der Waals surface area (Å²) in [4.78, 5) is 15.1. The molecule has 1 aromatic carbocycles. The second-order valence-electron chi connectivity index (χ2n) is 3.21. The molecule has 0 spiro atoms. The average Bonchev–Trinajstić information content (AvgIpc) is 2.58. The van der Waals surface area contributed by atoms with Crippen molar-refractivity contribution in [2.75, 3.05) is 5.32 Å². The fraction of sp³-hybridized carbons (Fsp3) is 0.111. The summed E-state index contributed by atoms with van der Waals surface area (Å²) < 4.78 is 24.4. The SMILES string of the molecule is O=C(Nc1nc2c(F)cc(F)cc2s1)C(Cl)(Cl)Cl. The van der Waals surface area contributed by atoms with Gasteiger partial charge in [-0.3, -0.25) is 10.1 Å². The van der Waals surface area contributed by atoms with E-state index >= 15 is 0 Å². The highest BCUT2D eigenvalue weighted by Crippen LogP contribution is 2.32. The Bertz CT molecular complexity index is 626. The number of fused-ring (bicyclic) bond motifs is 1. The predicted molar refractivity (Wildman–Crippen MR) is 68.5 cm³/mol. The van der Waals surface area contributed by atoms with Crippen LogP contribution in [0.4, 0.5) is 13.9 Å². The molecule has 0 saturated carbocycles. The van der Waals surface area contributed by atoms with Crippen LogP contribution in [0.25, 0.3) is 10.2 Å². The van der Waals surface area contributed by atoms with Crippen LogP contribution in [0.3, 0.4) is 0 Å². The third-order valence-corrected chi connectivity index (χ3v) is 3.32. The molecule has 0 aliphatic rings. The second-order valence-corrected chi connectivity index (χ2v) is 6.52. The quantitative estimate of drug-likeness (QED) is 0.806. The number of hydrogen-bond acceptors (Lipinski definition) is 3. The van der Waals surface area contributed by atoms with Crippen molar-refractivity contribution in [3.05, 3.63) is 23.8 Å². The molecule has 0 atom stereocenters. The third kappa shape index (κ3) is 2.83. The lowest BCUT2D eigenvalue weighted by Crippen LogP contribution is -2.26. The first-order valence-corrected chi connectivity index (χ1v) is 6.36. The summed E-state index contributed by atoms with van der Waals surface area (Å²) in [7, 11) is 0. The number of carbonyl (C=O) groups is 1. The first-order valence-electron chi connectivity index (χ1n) is 4.41. The Balaban J connectivity index is 2.37. The highest BCUT2D eigenvalue weighted by Gasteiger charge is 2.31. The van der Waals surface area contributed by atoms with Gasteiger partial charge in [-0.2, -0.15) is 0 Å². The molecule has 0 radical (unpaired) electrons. The van der Waals surface area contributed by atoms with Gasteiger partial charge in [-0.05, 0) is 6.07 Å². The number of rotatable bonds is 1. The fourth-order valence-electron chi connectivity index (χ4n) is 1.18. The maximum Gasteiger partial charge on any atom is 0.278 e. The van der Waals surface area contributed by atoms with E-state index < -0.39 is 21.3 Å². The molecular formula is C9H3Cl3F2N2OS. The molecule has 1 heterocycles. The molecule has 3 nitrogen and oxygen atoms in total. The number of benzene rings is 1. The number of aromatic nitrogens is 1. The van der Waals surface area contributed by atoms with Crippen molar-refractivity contribution < 1.29 is 13.6 Å². The van der Waals surface area contributed by atoms with Gasteiger partial charge in [0.15, 0.2) is 10.9 Å². The van der Waals surface area contributed by atoms with Gasteiger partial charge in [0.2, 0.25) is 0 Å². The molecule has 0 bridgehead atoms. The topological polar surface area (TPSA) is 42.0 Å². The Morgan fingerprint density at radius 3 is 2.61 bits per heavy atom. The first-order chi connectivity index (χ1) is 8.27. The monoisotopic (exact) mass is 330 g/mol. The number of hydrogen-bond donors (Lipinski definition) is 1. The lowest BCUT2D eigenvalue weighted by Gasteiger charge is -2.08. The van der Waals surface area contributed by atoms with Gasteiger partial charge >= 0.3 is 0 Å². The number of nitrogens with zero attached hydrogens (tertiary/aromatic N) is 1. The number of halogens is 5. The van der Waals surface area contributed by atoms with Crippen molar-refractivity contribution in [1.82, 2.24) is 4.98 Å². The van der Waals surface area contributed by atoms with Crippen LogP contribution < -0.4 is 5.32 Å². The summed E-state index contributed by atoms with van der Waals surface area (Å²) in [5, 5.41) is 2.22. The van der Waals surface area contributed by atoms with E-state index in [9.17, 15) is 13.6 Å². The summed E-state index contributed by atoms with van der Waals surface area (Å²) in [6.07, 6.45) is 0. The molecule has 96 valence electrons. The molecule has 0 unspecified atom stereocenters. The van der Waals surface area contributed by atoms with Crippen LogP contribution >= 0.6 is 46.1 Å². The summed E-state index contributed by atoms with van der Waals surface area (Å²) in [5.41, 5.74) is -0.0546. The summed E-state index contributed by atoms with van der Waals surface area (Å²) in [5.74, 6) is -2.48. The van der Waals surface area contributed by atoms with Crippen molar-refractivity contribution in [3.63, 3.8) is 0 Å². The Labute approximate surface area is 119 Å². The zero-order valence-electron chi connectivity index (χ0n) is 8.31. The minimum absolute atomic E-state index is 0.0193. The Morgan fingerprint density at radius 1 is 1.33 bits per heavy atom. The van der Waals surface area contributed by atoms with Crippen LogP contribution in [0.15, 0.2) is 12.1 Å². The van der Waals surface area contributed by atoms with E-state index in [1.165, 1.54) is 0 Å². The van der Waals surface area contributed by atoms with Crippen LogP contribution in [0.2, 0.25) is 0 Å². The van der Waals surface area contributed by atoms with E-state index in [0.29, 0.717) is 6.07 Å². The predicted octanol–water partition coefficient (Wildman–Crippen LogP) is 3.88. The zero-order valence-corrected chi connectivity index (χ0v) is 11.4. The largest absolute Gasteiger partial charge is 0.298 e. The van der Waals surface area contributed by atoms with Crippen LogP contribution in [0.1, 0.15) is 0 Å². The highest BCUT2D eigenvalue weighted by atomic mass is 35.6. The van der Waals surface area contributed by atoms with Gasteiger partial charge in [0.1, 0.15) is 11.3 Å². The fourth-order valence-corrected chi connectivity index (χ4v) is 2.22. The van der Waals surface area contributed by atoms with Gasteiger partial charge < -0.3 is 0 Å². The van der Waals surface area contributed by atoms with E-state index in [-0.39, 0.29) is 15.3 Å². The number of amides is 1. The first kappa shape index (κ1) is 13.7. The van der Waals surface area contributed by atoms with E-state index in [1.54, 1.807) is 0 Å². The summed E-state index contributed by atoms with van der Waals surface area (Å²) >= 11 is 16.9. The minimum Gasteiger partial charge on any atom is -0.298 e. The molecule has 2 aromatic rings. The molecule has 18 heavy (non-hydrogen) atoms. The molecule has 0 saturated heterocycles. The van der Waals surface area contributed by atoms with E-state index in [2.05, 4.69) is 10.3 Å².